The Morgan fingerprint density at radius 1 is 1.48 bits per heavy atom. The minimum Gasteiger partial charge on any atom is -0.477 e. The van der Waals surface area contributed by atoms with Crippen LogP contribution in [-0.4, -0.2) is 17.5 Å². The third kappa shape index (κ3) is 2.40. The van der Waals surface area contributed by atoms with Crippen molar-refractivity contribution in [2.24, 2.45) is 0 Å². The molecule has 0 saturated heterocycles. The van der Waals surface area contributed by atoms with Crippen molar-refractivity contribution < 1.29 is 13.9 Å². The zero-order valence-electron chi connectivity index (χ0n) is 11.4. The third-order valence-corrected chi connectivity index (χ3v) is 3.45. The van der Waals surface area contributed by atoms with E-state index in [2.05, 4.69) is 10.3 Å². The molecule has 1 aliphatic rings. The van der Waals surface area contributed by atoms with Gasteiger partial charge in [0, 0.05) is 17.7 Å². The van der Waals surface area contributed by atoms with Crippen LogP contribution in [0.2, 0.25) is 0 Å². The summed E-state index contributed by atoms with van der Waals surface area (Å²) in [4.78, 5) is 16.4. The van der Waals surface area contributed by atoms with Gasteiger partial charge in [-0.2, -0.15) is 0 Å². The SMILES string of the molecule is Cc1c(F)ccc(N)c1C(=O)Nc1cnc2c(c1)CCO2. The highest BCUT2D eigenvalue weighted by Gasteiger charge is 2.18. The molecule has 0 atom stereocenters. The number of hydrogen-bond donors (Lipinski definition) is 2. The van der Waals surface area contributed by atoms with Crippen LogP contribution < -0.4 is 15.8 Å². The molecule has 0 unspecified atom stereocenters. The van der Waals surface area contributed by atoms with Crippen molar-refractivity contribution in [1.82, 2.24) is 4.98 Å². The fourth-order valence-corrected chi connectivity index (χ4v) is 2.34. The molecule has 0 spiro atoms. The lowest BCUT2D eigenvalue weighted by atomic mass is 10.1. The number of rotatable bonds is 2. The normalized spacial score (nSPS) is 12.7. The first kappa shape index (κ1) is 13.4. The second-order valence-corrected chi connectivity index (χ2v) is 4.88. The molecule has 1 aromatic heterocycles. The van der Waals surface area contributed by atoms with Gasteiger partial charge in [-0.05, 0) is 30.7 Å². The topological polar surface area (TPSA) is 77.2 Å². The summed E-state index contributed by atoms with van der Waals surface area (Å²) in [5.74, 6) is -0.325. The van der Waals surface area contributed by atoms with Crippen LogP contribution in [0.25, 0.3) is 0 Å². The van der Waals surface area contributed by atoms with Crippen LogP contribution in [-0.2, 0) is 6.42 Å². The number of nitrogens with two attached hydrogens (primary N) is 1. The molecule has 0 radical (unpaired) electrons. The van der Waals surface area contributed by atoms with E-state index >= 15 is 0 Å². The Bertz CT molecular complexity index is 731. The number of nitrogen functional groups attached to an aromatic ring is 1. The number of carbonyl (C=O) groups is 1. The largest absolute Gasteiger partial charge is 0.477 e. The van der Waals surface area contributed by atoms with Crippen molar-refractivity contribution in [3.63, 3.8) is 0 Å². The summed E-state index contributed by atoms with van der Waals surface area (Å²) in [6.45, 7) is 2.12. The summed E-state index contributed by atoms with van der Waals surface area (Å²) in [6.07, 6.45) is 2.26. The Morgan fingerprint density at radius 2 is 2.29 bits per heavy atom. The van der Waals surface area contributed by atoms with Crippen LogP contribution >= 0.6 is 0 Å². The maximum atomic E-state index is 13.6. The predicted molar refractivity (Wildman–Crippen MR) is 76.9 cm³/mol. The van der Waals surface area contributed by atoms with Crippen molar-refractivity contribution in [2.45, 2.75) is 13.3 Å². The molecule has 1 aromatic carbocycles. The van der Waals surface area contributed by atoms with Crippen molar-refractivity contribution in [3.05, 3.63) is 46.9 Å². The molecule has 6 heteroatoms. The average Bonchev–Trinajstić information content (AvgIpc) is 2.91. The van der Waals surface area contributed by atoms with Gasteiger partial charge in [0.25, 0.3) is 5.91 Å². The van der Waals surface area contributed by atoms with Crippen LogP contribution in [0.3, 0.4) is 0 Å². The molecule has 2 aromatic rings. The number of benzene rings is 1. The van der Waals surface area contributed by atoms with Gasteiger partial charge in [-0.15, -0.1) is 0 Å². The molecule has 0 bridgehead atoms. The second kappa shape index (κ2) is 5.05. The number of aromatic nitrogens is 1. The summed E-state index contributed by atoms with van der Waals surface area (Å²) >= 11 is 0. The summed E-state index contributed by atoms with van der Waals surface area (Å²) in [5, 5.41) is 2.69. The van der Waals surface area contributed by atoms with Crippen LogP contribution in [0.1, 0.15) is 21.5 Å². The van der Waals surface area contributed by atoms with E-state index in [1.807, 2.05) is 0 Å². The van der Waals surface area contributed by atoms with Gasteiger partial charge in [-0.25, -0.2) is 9.37 Å². The Morgan fingerprint density at radius 3 is 3.10 bits per heavy atom. The predicted octanol–water partition coefficient (Wildman–Crippen LogP) is 2.30. The quantitative estimate of drug-likeness (QED) is 0.831. The van der Waals surface area contributed by atoms with Crippen molar-refractivity contribution in [3.8, 4) is 5.88 Å². The number of fused-ring (bicyclic) bond motifs is 1. The molecule has 1 amide bonds. The molecule has 0 fully saturated rings. The highest BCUT2D eigenvalue weighted by atomic mass is 19.1. The number of ether oxygens (including phenoxy) is 1. The molecule has 5 nitrogen and oxygen atoms in total. The number of carbonyl (C=O) groups excluding carboxylic acids is 1. The Balaban J connectivity index is 1.89. The molecule has 21 heavy (non-hydrogen) atoms. The smallest absolute Gasteiger partial charge is 0.258 e. The van der Waals surface area contributed by atoms with E-state index in [-0.39, 0.29) is 16.8 Å². The van der Waals surface area contributed by atoms with Gasteiger partial charge < -0.3 is 15.8 Å². The first-order valence-corrected chi connectivity index (χ1v) is 6.54. The summed E-state index contributed by atoms with van der Waals surface area (Å²) in [5.41, 5.74) is 7.86. The van der Waals surface area contributed by atoms with Crippen molar-refractivity contribution >= 4 is 17.3 Å². The number of anilines is 2. The van der Waals surface area contributed by atoms with E-state index in [1.54, 1.807) is 6.07 Å². The van der Waals surface area contributed by atoms with E-state index < -0.39 is 11.7 Å². The number of hydrogen-bond acceptors (Lipinski definition) is 4. The van der Waals surface area contributed by atoms with Gasteiger partial charge in [0.2, 0.25) is 5.88 Å². The van der Waals surface area contributed by atoms with Crippen LogP contribution in [0, 0.1) is 12.7 Å². The van der Waals surface area contributed by atoms with E-state index in [9.17, 15) is 9.18 Å². The van der Waals surface area contributed by atoms with E-state index in [0.29, 0.717) is 18.2 Å². The van der Waals surface area contributed by atoms with Crippen LogP contribution in [0.5, 0.6) is 5.88 Å². The first-order valence-electron chi connectivity index (χ1n) is 6.54. The lowest BCUT2D eigenvalue weighted by Gasteiger charge is -2.11. The van der Waals surface area contributed by atoms with Crippen LogP contribution in [0.4, 0.5) is 15.8 Å². The summed E-state index contributed by atoms with van der Waals surface area (Å²) < 4.78 is 18.9. The average molecular weight is 287 g/mol. The Labute approximate surface area is 120 Å². The number of nitrogens with zero attached hydrogens (tertiary/aromatic N) is 1. The molecule has 0 saturated carbocycles. The van der Waals surface area contributed by atoms with Gasteiger partial charge in [0.15, 0.2) is 0 Å². The van der Waals surface area contributed by atoms with Gasteiger partial charge in [-0.3, -0.25) is 4.79 Å². The zero-order chi connectivity index (χ0) is 15.0. The molecular weight excluding hydrogens is 273 g/mol. The lowest BCUT2D eigenvalue weighted by Crippen LogP contribution is -2.16. The minimum absolute atomic E-state index is 0.145. The van der Waals surface area contributed by atoms with Crippen LogP contribution in [0.15, 0.2) is 24.4 Å². The highest BCUT2D eigenvalue weighted by molar-refractivity contribution is 6.08. The molecule has 1 aliphatic heterocycles. The zero-order valence-corrected chi connectivity index (χ0v) is 11.4. The van der Waals surface area contributed by atoms with E-state index in [1.165, 1.54) is 25.3 Å². The standard InChI is InChI=1S/C15H14FN3O2/c1-8-11(16)2-3-12(17)13(8)14(20)19-10-6-9-4-5-21-15(9)18-7-10/h2-3,6-7H,4-5,17H2,1H3,(H,19,20). The summed E-state index contributed by atoms with van der Waals surface area (Å²) in [6, 6.07) is 4.43. The first-order chi connectivity index (χ1) is 10.1. The fraction of sp³-hybridized carbons (Fsp3) is 0.200. The third-order valence-electron chi connectivity index (χ3n) is 3.45. The highest BCUT2D eigenvalue weighted by Crippen LogP contribution is 2.26. The number of nitrogens with one attached hydrogen (secondary N) is 1. The van der Waals surface area contributed by atoms with Gasteiger partial charge >= 0.3 is 0 Å². The summed E-state index contributed by atoms with van der Waals surface area (Å²) in [7, 11) is 0. The Kier molecular flexibility index (Phi) is 3.21. The second-order valence-electron chi connectivity index (χ2n) is 4.88. The minimum atomic E-state index is -0.463. The molecule has 0 aliphatic carbocycles. The molecule has 108 valence electrons. The molecule has 3 rings (SSSR count). The maximum absolute atomic E-state index is 13.6. The van der Waals surface area contributed by atoms with Gasteiger partial charge in [-0.1, -0.05) is 0 Å². The lowest BCUT2D eigenvalue weighted by molar-refractivity contribution is 0.102. The van der Waals surface area contributed by atoms with E-state index in [4.69, 9.17) is 10.5 Å². The number of pyridine rings is 1. The van der Waals surface area contributed by atoms with Crippen molar-refractivity contribution in [1.29, 1.82) is 0 Å². The van der Waals surface area contributed by atoms with Crippen molar-refractivity contribution in [2.75, 3.05) is 17.7 Å². The molecule has 2 heterocycles. The number of halogens is 1. The van der Waals surface area contributed by atoms with E-state index in [0.717, 1.165) is 12.0 Å². The maximum Gasteiger partial charge on any atom is 0.258 e. The van der Waals surface area contributed by atoms with Gasteiger partial charge in [0.05, 0.1) is 24.1 Å². The fourth-order valence-electron chi connectivity index (χ4n) is 2.34. The number of amides is 1. The molecule has 3 N–H and O–H groups in total. The van der Waals surface area contributed by atoms with Gasteiger partial charge in [0.1, 0.15) is 5.82 Å². The molecular formula is C15H14FN3O2. The Hall–Kier alpha value is -2.63. The monoisotopic (exact) mass is 287 g/mol.